The zero-order chi connectivity index (χ0) is 17.8. The van der Waals surface area contributed by atoms with Crippen LogP contribution in [0.1, 0.15) is 77.7 Å². The Hall–Kier alpha value is -0.870. The topological polar surface area (TPSA) is 37.4 Å². The van der Waals surface area contributed by atoms with Crippen LogP contribution in [0.3, 0.4) is 0 Å². The fourth-order valence-electron chi connectivity index (χ4n) is 2.79. The van der Waals surface area contributed by atoms with Crippen molar-refractivity contribution in [2.75, 3.05) is 13.1 Å². The van der Waals surface area contributed by atoms with Crippen molar-refractivity contribution < 1.29 is 8.42 Å². The molecule has 0 aliphatic heterocycles. The lowest BCUT2D eigenvalue weighted by Crippen LogP contribution is -2.33. The normalized spacial score (nSPS) is 12.0. The van der Waals surface area contributed by atoms with Crippen molar-refractivity contribution in [2.24, 2.45) is 0 Å². The maximum Gasteiger partial charge on any atom is 0.243 e. The Morgan fingerprint density at radius 2 is 1.25 bits per heavy atom. The number of aryl methyl sites for hydroxylation is 1. The maximum atomic E-state index is 13.0. The molecule has 0 amide bonds. The van der Waals surface area contributed by atoms with Gasteiger partial charge in [0.2, 0.25) is 10.0 Å². The number of hydrogen-bond acceptors (Lipinski definition) is 2. The van der Waals surface area contributed by atoms with Crippen molar-refractivity contribution in [1.82, 2.24) is 4.31 Å². The first-order valence-corrected chi connectivity index (χ1v) is 11.1. The Morgan fingerprint density at radius 3 is 1.71 bits per heavy atom. The first-order chi connectivity index (χ1) is 11.6. The van der Waals surface area contributed by atoms with E-state index in [1.54, 1.807) is 16.4 Å². The third-order valence-electron chi connectivity index (χ3n) is 4.40. The van der Waals surface area contributed by atoms with Crippen LogP contribution in [-0.4, -0.2) is 25.8 Å². The van der Waals surface area contributed by atoms with Crippen molar-refractivity contribution in [2.45, 2.75) is 83.5 Å². The van der Waals surface area contributed by atoms with Crippen LogP contribution in [0.5, 0.6) is 0 Å². The van der Waals surface area contributed by atoms with E-state index in [2.05, 4.69) is 20.8 Å². The number of unbranched alkanes of at least 4 members (excludes halogenated alkanes) is 5. The first kappa shape index (κ1) is 21.2. The number of rotatable bonds is 13. The van der Waals surface area contributed by atoms with E-state index in [1.807, 2.05) is 12.1 Å². The van der Waals surface area contributed by atoms with Crippen LogP contribution in [0.2, 0.25) is 0 Å². The second-order valence-electron chi connectivity index (χ2n) is 6.57. The van der Waals surface area contributed by atoms with Gasteiger partial charge in [-0.05, 0) is 43.4 Å². The van der Waals surface area contributed by atoms with Gasteiger partial charge in [0, 0.05) is 13.1 Å². The van der Waals surface area contributed by atoms with E-state index in [-0.39, 0.29) is 0 Å². The molecule has 0 bridgehead atoms. The molecular weight excluding hydrogens is 318 g/mol. The largest absolute Gasteiger partial charge is 0.243 e. The lowest BCUT2D eigenvalue weighted by Gasteiger charge is -2.22. The van der Waals surface area contributed by atoms with Crippen molar-refractivity contribution in [3.8, 4) is 0 Å². The van der Waals surface area contributed by atoms with E-state index < -0.39 is 10.0 Å². The molecular formula is C20H35NO2S. The third kappa shape index (κ3) is 6.94. The van der Waals surface area contributed by atoms with Crippen LogP contribution in [-0.2, 0) is 16.4 Å². The summed E-state index contributed by atoms with van der Waals surface area (Å²) in [5.41, 5.74) is 1.22. The van der Waals surface area contributed by atoms with Gasteiger partial charge in [-0.2, -0.15) is 4.31 Å². The highest BCUT2D eigenvalue weighted by Gasteiger charge is 2.23. The van der Waals surface area contributed by atoms with Crippen LogP contribution in [0.15, 0.2) is 29.2 Å². The van der Waals surface area contributed by atoms with Crippen molar-refractivity contribution in [3.05, 3.63) is 29.8 Å². The smallest absolute Gasteiger partial charge is 0.207 e. The molecule has 0 atom stereocenters. The summed E-state index contributed by atoms with van der Waals surface area (Å²) >= 11 is 0. The molecule has 0 heterocycles. The van der Waals surface area contributed by atoms with Gasteiger partial charge < -0.3 is 0 Å². The fraction of sp³-hybridized carbons (Fsp3) is 0.700. The summed E-state index contributed by atoms with van der Waals surface area (Å²) in [6.45, 7) is 7.73. The molecule has 0 fully saturated rings. The highest BCUT2D eigenvalue weighted by molar-refractivity contribution is 7.89. The first-order valence-electron chi connectivity index (χ1n) is 9.65. The maximum absolute atomic E-state index is 13.0. The molecule has 0 spiro atoms. The summed E-state index contributed by atoms with van der Waals surface area (Å²) in [4.78, 5) is 0.441. The summed E-state index contributed by atoms with van der Waals surface area (Å²) in [5, 5.41) is 0. The highest BCUT2D eigenvalue weighted by atomic mass is 32.2. The van der Waals surface area contributed by atoms with Crippen LogP contribution in [0, 0.1) is 0 Å². The summed E-state index contributed by atoms with van der Waals surface area (Å²) < 4.78 is 27.6. The van der Waals surface area contributed by atoms with E-state index >= 15 is 0 Å². The second kappa shape index (κ2) is 11.6. The molecule has 24 heavy (non-hydrogen) atoms. The van der Waals surface area contributed by atoms with E-state index in [1.165, 1.54) is 5.56 Å². The predicted molar refractivity (Wildman–Crippen MR) is 103 cm³/mol. The molecule has 0 saturated heterocycles. The van der Waals surface area contributed by atoms with Crippen molar-refractivity contribution in [3.63, 3.8) is 0 Å². The fourth-order valence-corrected chi connectivity index (χ4v) is 4.30. The minimum Gasteiger partial charge on any atom is -0.207 e. The molecule has 0 saturated carbocycles. The standard InChI is InChI=1S/C20H35NO2S/c1-4-7-10-17-21(18-11-8-5-2)24(22,23)20-15-13-19(14-16-20)12-9-6-3/h13-16H,4-12,17-18H2,1-3H3. The number of hydrogen-bond donors (Lipinski definition) is 0. The molecule has 0 N–H and O–H groups in total. The zero-order valence-corrected chi connectivity index (χ0v) is 16.6. The molecule has 1 aromatic rings. The molecule has 1 aromatic carbocycles. The summed E-state index contributed by atoms with van der Waals surface area (Å²) in [7, 11) is -3.37. The minimum atomic E-state index is -3.37. The molecule has 1 rings (SSSR count). The summed E-state index contributed by atoms with van der Waals surface area (Å²) in [5.74, 6) is 0. The van der Waals surface area contributed by atoms with Gasteiger partial charge in [0.25, 0.3) is 0 Å². The minimum absolute atomic E-state index is 0.441. The van der Waals surface area contributed by atoms with E-state index in [0.29, 0.717) is 18.0 Å². The van der Waals surface area contributed by atoms with Gasteiger partial charge in [0.05, 0.1) is 4.90 Å². The number of sulfonamides is 1. The van der Waals surface area contributed by atoms with Crippen LogP contribution >= 0.6 is 0 Å². The predicted octanol–water partition coefficient (Wildman–Crippen LogP) is 5.40. The van der Waals surface area contributed by atoms with Gasteiger partial charge in [-0.3, -0.25) is 0 Å². The molecule has 0 aliphatic carbocycles. The van der Waals surface area contributed by atoms with E-state index in [9.17, 15) is 8.42 Å². The average molecular weight is 354 g/mol. The SMILES string of the molecule is CCCCCN(CCCCC)S(=O)(=O)c1ccc(CCCC)cc1. The molecule has 0 radical (unpaired) electrons. The molecule has 0 aromatic heterocycles. The summed E-state index contributed by atoms with van der Waals surface area (Å²) in [6.07, 6.45) is 9.57. The quantitative estimate of drug-likeness (QED) is 0.445. The van der Waals surface area contributed by atoms with E-state index in [4.69, 9.17) is 0 Å². The number of nitrogens with zero attached hydrogens (tertiary/aromatic N) is 1. The van der Waals surface area contributed by atoms with Gasteiger partial charge >= 0.3 is 0 Å². The van der Waals surface area contributed by atoms with Gasteiger partial charge in [-0.1, -0.05) is 65.0 Å². The molecule has 4 heteroatoms. The Bertz CT molecular complexity index is 527. The van der Waals surface area contributed by atoms with Crippen molar-refractivity contribution >= 4 is 10.0 Å². The second-order valence-corrected chi connectivity index (χ2v) is 8.50. The van der Waals surface area contributed by atoms with Gasteiger partial charge in [-0.25, -0.2) is 8.42 Å². The van der Waals surface area contributed by atoms with Gasteiger partial charge in [0.1, 0.15) is 0 Å². The van der Waals surface area contributed by atoms with Crippen molar-refractivity contribution in [1.29, 1.82) is 0 Å². The van der Waals surface area contributed by atoms with Gasteiger partial charge in [0.15, 0.2) is 0 Å². The molecule has 138 valence electrons. The Balaban J connectivity index is 2.83. The number of benzene rings is 1. The zero-order valence-electron chi connectivity index (χ0n) is 15.8. The lowest BCUT2D eigenvalue weighted by atomic mass is 10.1. The van der Waals surface area contributed by atoms with Crippen LogP contribution < -0.4 is 0 Å². The van der Waals surface area contributed by atoms with Crippen LogP contribution in [0.4, 0.5) is 0 Å². The highest BCUT2D eigenvalue weighted by Crippen LogP contribution is 2.19. The van der Waals surface area contributed by atoms with Gasteiger partial charge in [-0.15, -0.1) is 0 Å². The summed E-state index contributed by atoms with van der Waals surface area (Å²) in [6, 6.07) is 7.51. The monoisotopic (exact) mass is 353 g/mol. The molecule has 3 nitrogen and oxygen atoms in total. The molecule has 0 aliphatic rings. The van der Waals surface area contributed by atoms with Crippen LogP contribution in [0.25, 0.3) is 0 Å². The average Bonchev–Trinajstić information content (AvgIpc) is 2.59. The lowest BCUT2D eigenvalue weighted by molar-refractivity contribution is 0.388. The Kier molecular flexibility index (Phi) is 10.3. The van der Waals surface area contributed by atoms with E-state index in [0.717, 1.165) is 57.8 Å². The Morgan fingerprint density at radius 1 is 0.750 bits per heavy atom. The third-order valence-corrected chi connectivity index (χ3v) is 6.32. The molecule has 0 unspecified atom stereocenters. The Labute approximate surface area is 149 Å².